The van der Waals surface area contributed by atoms with E-state index in [9.17, 15) is 0 Å². The number of rotatable bonds is 2. The van der Waals surface area contributed by atoms with Crippen LogP contribution in [-0.2, 0) is 0 Å². The molecule has 0 spiro atoms. The Morgan fingerprint density at radius 3 is 2.29 bits per heavy atom. The first kappa shape index (κ1) is 13.1. The van der Waals surface area contributed by atoms with Gasteiger partial charge in [-0.3, -0.25) is 0 Å². The minimum Gasteiger partial charge on any atom is -0.348 e. The van der Waals surface area contributed by atoms with Crippen molar-refractivity contribution in [2.45, 2.75) is 50.4 Å². The Balaban J connectivity index is 1.63. The Labute approximate surface area is 127 Å². The first-order valence-electron chi connectivity index (χ1n) is 8.46. The molecule has 4 atom stereocenters. The van der Waals surface area contributed by atoms with Crippen molar-refractivity contribution in [3.05, 3.63) is 54.1 Å². The summed E-state index contributed by atoms with van der Waals surface area (Å²) in [7, 11) is 0. The largest absolute Gasteiger partial charge is 0.348 e. The topological polar surface area (TPSA) is 28.7 Å². The predicted molar refractivity (Wildman–Crippen MR) is 85.2 cm³/mol. The fourth-order valence-corrected chi connectivity index (χ4v) is 4.94. The molecule has 0 saturated heterocycles. The maximum atomic E-state index is 4.26. The minimum atomic E-state index is 0.706. The van der Waals surface area contributed by atoms with Crippen LogP contribution in [-0.4, -0.2) is 9.97 Å². The van der Waals surface area contributed by atoms with Gasteiger partial charge in [0.15, 0.2) is 0 Å². The fraction of sp³-hybridized carbons (Fsp3) is 0.526. The summed E-state index contributed by atoms with van der Waals surface area (Å²) in [6.45, 7) is 0. The molecule has 2 fully saturated rings. The zero-order valence-corrected chi connectivity index (χ0v) is 12.5. The molecule has 4 unspecified atom stereocenters. The summed E-state index contributed by atoms with van der Waals surface area (Å²) in [6.07, 6.45) is 12.2. The van der Waals surface area contributed by atoms with Gasteiger partial charge in [0.05, 0.1) is 6.33 Å². The minimum absolute atomic E-state index is 0.706. The maximum Gasteiger partial charge on any atom is 0.0921 e. The molecule has 2 saturated carbocycles. The second-order valence-electron chi connectivity index (χ2n) is 6.82. The highest BCUT2D eigenvalue weighted by atomic mass is 14.9. The van der Waals surface area contributed by atoms with E-state index in [1.807, 2.05) is 6.33 Å². The zero-order chi connectivity index (χ0) is 14.1. The van der Waals surface area contributed by atoms with Gasteiger partial charge in [-0.05, 0) is 49.0 Å². The molecule has 1 aromatic heterocycles. The van der Waals surface area contributed by atoms with Gasteiger partial charge in [-0.1, -0.05) is 43.2 Å². The van der Waals surface area contributed by atoms with Gasteiger partial charge in [-0.15, -0.1) is 0 Å². The standard InChI is InChI=1S/C19H24N2/c1-2-6-14(7-3-1)15-10-11-18(19-12-20-13-21-19)17-9-5-4-8-16(15)17/h1-3,6-7,12-13,15-18H,4-5,8-11H2,(H,20,21). The average Bonchev–Trinajstić information content (AvgIpc) is 3.09. The molecule has 1 aromatic carbocycles. The lowest BCUT2D eigenvalue weighted by atomic mass is 9.59. The molecule has 1 heterocycles. The number of imidazole rings is 1. The van der Waals surface area contributed by atoms with Crippen LogP contribution in [0.15, 0.2) is 42.9 Å². The number of fused-ring (bicyclic) bond motifs is 1. The molecule has 2 nitrogen and oxygen atoms in total. The third-order valence-electron chi connectivity index (χ3n) is 5.84. The Bertz CT molecular complexity index is 561. The molecular weight excluding hydrogens is 256 g/mol. The van der Waals surface area contributed by atoms with Crippen molar-refractivity contribution in [1.29, 1.82) is 0 Å². The van der Waals surface area contributed by atoms with Crippen LogP contribution >= 0.6 is 0 Å². The van der Waals surface area contributed by atoms with Crippen molar-refractivity contribution in [1.82, 2.24) is 9.97 Å². The summed E-state index contributed by atoms with van der Waals surface area (Å²) >= 11 is 0. The van der Waals surface area contributed by atoms with Crippen LogP contribution < -0.4 is 0 Å². The van der Waals surface area contributed by atoms with Gasteiger partial charge < -0.3 is 4.98 Å². The average molecular weight is 280 g/mol. The van der Waals surface area contributed by atoms with E-state index in [0.717, 1.165) is 17.8 Å². The molecule has 4 rings (SSSR count). The van der Waals surface area contributed by atoms with E-state index in [4.69, 9.17) is 0 Å². The van der Waals surface area contributed by atoms with Crippen molar-refractivity contribution in [2.75, 3.05) is 0 Å². The second-order valence-corrected chi connectivity index (χ2v) is 6.82. The van der Waals surface area contributed by atoms with E-state index in [1.54, 1.807) is 5.56 Å². The number of H-pyrrole nitrogens is 1. The summed E-state index contributed by atoms with van der Waals surface area (Å²) in [6, 6.07) is 11.2. The number of nitrogens with zero attached hydrogens (tertiary/aromatic N) is 1. The van der Waals surface area contributed by atoms with Crippen LogP contribution in [0.5, 0.6) is 0 Å². The van der Waals surface area contributed by atoms with Gasteiger partial charge >= 0.3 is 0 Å². The van der Waals surface area contributed by atoms with Gasteiger partial charge in [0.1, 0.15) is 0 Å². The van der Waals surface area contributed by atoms with Crippen molar-refractivity contribution in [2.24, 2.45) is 11.8 Å². The Kier molecular flexibility index (Phi) is 3.54. The predicted octanol–water partition coefficient (Wildman–Crippen LogP) is 4.88. The van der Waals surface area contributed by atoms with Crippen LogP contribution in [0.4, 0.5) is 0 Å². The van der Waals surface area contributed by atoms with Crippen LogP contribution in [0, 0.1) is 11.8 Å². The molecule has 0 amide bonds. The van der Waals surface area contributed by atoms with Crippen molar-refractivity contribution in [3.8, 4) is 0 Å². The van der Waals surface area contributed by atoms with Gasteiger partial charge in [0.25, 0.3) is 0 Å². The molecule has 2 aromatic rings. The molecule has 2 aliphatic carbocycles. The van der Waals surface area contributed by atoms with Crippen molar-refractivity contribution < 1.29 is 0 Å². The number of nitrogens with one attached hydrogen (secondary N) is 1. The first-order valence-corrected chi connectivity index (χ1v) is 8.46. The molecule has 110 valence electrons. The highest BCUT2D eigenvalue weighted by molar-refractivity contribution is 5.23. The molecule has 2 heteroatoms. The summed E-state index contributed by atoms with van der Waals surface area (Å²) < 4.78 is 0. The number of hydrogen-bond donors (Lipinski definition) is 1. The van der Waals surface area contributed by atoms with Crippen molar-refractivity contribution in [3.63, 3.8) is 0 Å². The summed E-state index contributed by atoms with van der Waals surface area (Å²) in [4.78, 5) is 7.64. The van der Waals surface area contributed by atoms with Gasteiger partial charge in [-0.2, -0.15) is 0 Å². The lowest BCUT2D eigenvalue weighted by Gasteiger charge is -2.46. The highest BCUT2D eigenvalue weighted by Gasteiger charge is 2.41. The zero-order valence-electron chi connectivity index (χ0n) is 12.5. The Morgan fingerprint density at radius 1 is 0.857 bits per heavy atom. The Morgan fingerprint density at radius 2 is 1.57 bits per heavy atom. The third-order valence-corrected chi connectivity index (χ3v) is 5.84. The number of aromatic amines is 1. The smallest absolute Gasteiger partial charge is 0.0921 e. The van der Waals surface area contributed by atoms with E-state index in [-0.39, 0.29) is 0 Å². The van der Waals surface area contributed by atoms with E-state index in [1.165, 1.54) is 44.2 Å². The summed E-state index contributed by atoms with van der Waals surface area (Å²) in [5.74, 6) is 3.19. The fourth-order valence-electron chi connectivity index (χ4n) is 4.94. The van der Waals surface area contributed by atoms with Gasteiger partial charge in [0, 0.05) is 17.8 Å². The summed E-state index contributed by atoms with van der Waals surface area (Å²) in [5, 5.41) is 0. The van der Waals surface area contributed by atoms with Crippen LogP contribution in [0.25, 0.3) is 0 Å². The van der Waals surface area contributed by atoms with E-state index < -0.39 is 0 Å². The van der Waals surface area contributed by atoms with Crippen LogP contribution in [0.3, 0.4) is 0 Å². The van der Waals surface area contributed by atoms with E-state index >= 15 is 0 Å². The lowest BCUT2D eigenvalue weighted by molar-refractivity contribution is 0.118. The quantitative estimate of drug-likeness (QED) is 0.834. The maximum absolute atomic E-state index is 4.26. The Hall–Kier alpha value is -1.57. The van der Waals surface area contributed by atoms with Crippen LogP contribution in [0.2, 0.25) is 0 Å². The third kappa shape index (κ3) is 2.41. The highest BCUT2D eigenvalue weighted by Crippen LogP contribution is 2.53. The monoisotopic (exact) mass is 280 g/mol. The van der Waals surface area contributed by atoms with E-state index in [0.29, 0.717) is 5.92 Å². The summed E-state index contributed by atoms with van der Waals surface area (Å²) in [5.41, 5.74) is 2.94. The second kappa shape index (κ2) is 5.67. The lowest BCUT2D eigenvalue weighted by Crippen LogP contribution is -2.35. The number of hydrogen-bond acceptors (Lipinski definition) is 1. The first-order chi connectivity index (χ1) is 10.4. The van der Waals surface area contributed by atoms with Crippen LogP contribution in [0.1, 0.15) is 61.6 Å². The molecule has 1 N–H and O–H groups in total. The molecule has 0 radical (unpaired) electrons. The van der Waals surface area contributed by atoms with E-state index in [2.05, 4.69) is 46.5 Å². The molecule has 2 aliphatic rings. The molecule has 21 heavy (non-hydrogen) atoms. The normalized spacial score (nSPS) is 32.6. The van der Waals surface area contributed by atoms with Crippen molar-refractivity contribution >= 4 is 0 Å². The van der Waals surface area contributed by atoms with Gasteiger partial charge in [0.2, 0.25) is 0 Å². The molecule has 0 aliphatic heterocycles. The molecular formula is C19H24N2. The molecule has 0 bridgehead atoms. The van der Waals surface area contributed by atoms with Gasteiger partial charge in [-0.25, -0.2) is 4.98 Å². The SMILES string of the molecule is c1ccc(C2CCC(c3cnc[nH]3)C3CCCCC23)cc1. The number of benzene rings is 1. The number of aromatic nitrogens is 2.